The second kappa shape index (κ2) is 6.44. The molecule has 2 aromatic rings. The van der Waals surface area contributed by atoms with E-state index in [1.165, 1.54) is 36.4 Å². The second-order valence-electron chi connectivity index (χ2n) is 9.06. The highest BCUT2D eigenvalue weighted by molar-refractivity contribution is 6.26. The monoisotopic (exact) mass is 450 g/mol. The van der Waals surface area contributed by atoms with Crippen molar-refractivity contribution in [1.82, 2.24) is 4.90 Å². The number of nitro benzene ring substituents is 1. The molecule has 10 heteroatoms. The first kappa shape index (κ1) is 20.0. The van der Waals surface area contributed by atoms with Gasteiger partial charge in [-0.1, -0.05) is 6.07 Å². The summed E-state index contributed by atoms with van der Waals surface area (Å²) in [6.45, 7) is 2.18. The number of benzene rings is 2. The Morgan fingerprint density at radius 1 is 1.15 bits per heavy atom. The van der Waals surface area contributed by atoms with Gasteiger partial charge in [0, 0.05) is 29.4 Å². The molecule has 3 saturated heterocycles. The SMILES string of the molecule is Cc1ccc([N+](=O)[O-])cc1N1C(=O)[C@H]2[C@@H](C1=O)[C@@]1(C(=O)Nc3ccc(F)cc31)N1CCC[C@@H]21. The number of anilines is 2. The number of hydrogen-bond donors (Lipinski definition) is 1. The van der Waals surface area contributed by atoms with Gasteiger partial charge in [0.05, 0.1) is 22.4 Å². The number of nitrogens with one attached hydrogen (secondary N) is 1. The van der Waals surface area contributed by atoms with Crippen molar-refractivity contribution < 1.29 is 23.7 Å². The van der Waals surface area contributed by atoms with Crippen molar-refractivity contribution in [2.75, 3.05) is 16.8 Å². The first-order valence-electron chi connectivity index (χ1n) is 10.8. The van der Waals surface area contributed by atoms with Crippen LogP contribution in [0.5, 0.6) is 0 Å². The highest BCUT2D eigenvalue weighted by atomic mass is 19.1. The van der Waals surface area contributed by atoms with Crippen molar-refractivity contribution in [3.8, 4) is 0 Å². The predicted octanol–water partition coefficient (Wildman–Crippen LogP) is 2.47. The zero-order valence-electron chi connectivity index (χ0n) is 17.6. The van der Waals surface area contributed by atoms with E-state index in [1.807, 2.05) is 4.90 Å². The molecule has 4 aliphatic rings. The molecule has 33 heavy (non-hydrogen) atoms. The summed E-state index contributed by atoms with van der Waals surface area (Å²) in [4.78, 5) is 54.8. The molecule has 9 nitrogen and oxygen atoms in total. The summed E-state index contributed by atoms with van der Waals surface area (Å²) in [5.41, 5.74) is -0.257. The Morgan fingerprint density at radius 2 is 1.94 bits per heavy atom. The molecule has 168 valence electrons. The molecule has 0 radical (unpaired) electrons. The normalized spacial score (nSPS) is 30.1. The van der Waals surface area contributed by atoms with E-state index in [-0.39, 0.29) is 17.4 Å². The van der Waals surface area contributed by atoms with Crippen molar-refractivity contribution >= 4 is 34.8 Å². The molecule has 4 aliphatic heterocycles. The van der Waals surface area contributed by atoms with E-state index in [0.717, 1.165) is 11.3 Å². The van der Waals surface area contributed by atoms with Crippen LogP contribution >= 0.6 is 0 Å². The Hall–Kier alpha value is -3.66. The van der Waals surface area contributed by atoms with Crippen LogP contribution in [0.4, 0.5) is 21.5 Å². The molecule has 0 saturated carbocycles. The molecular weight excluding hydrogens is 431 g/mol. The number of rotatable bonds is 2. The summed E-state index contributed by atoms with van der Waals surface area (Å²) in [6, 6.07) is 7.65. The molecule has 0 unspecified atom stereocenters. The van der Waals surface area contributed by atoms with E-state index in [4.69, 9.17) is 0 Å². The summed E-state index contributed by atoms with van der Waals surface area (Å²) in [5.74, 6) is -3.88. The Morgan fingerprint density at radius 3 is 2.70 bits per heavy atom. The molecule has 4 atom stereocenters. The largest absolute Gasteiger partial charge is 0.324 e. The van der Waals surface area contributed by atoms with Crippen LogP contribution in [0.2, 0.25) is 0 Å². The molecule has 2 aromatic carbocycles. The Bertz CT molecular complexity index is 1300. The van der Waals surface area contributed by atoms with Crippen LogP contribution < -0.4 is 10.2 Å². The summed E-state index contributed by atoms with van der Waals surface area (Å²) in [7, 11) is 0. The number of nitro groups is 1. The van der Waals surface area contributed by atoms with E-state index < -0.39 is 45.8 Å². The van der Waals surface area contributed by atoms with Crippen molar-refractivity contribution in [3.63, 3.8) is 0 Å². The molecule has 0 bridgehead atoms. The van der Waals surface area contributed by atoms with Crippen molar-refractivity contribution in [2.45, 2.75) is 31.3 Å². The third-order valence-electron chi connectivity index (χ3n) is 7.60. The molecule has 6 rings (SSSR count). The van der Waals surface area contributed by atoms with Crippen LogP contribution in [0.15, 0.2) is 36.4 Å². The molecule has 0 aromatic heterocycles. The second-order valence-corrected chi connectivity index (χ2v) is 9.06. The number of carbonyl (C=O) groups excluding carboxylic acids is 3. The van der Waals surface area contributed by atoms with Crippen LogP contribution in [0.3, 0.4) is 0 Å². The minimum atomic E-state index is -1.49. The first-order valence-corrected chi connectivity index (χ1v) is 10.8. The molecule has 3 amide bonds. The van der Waals surface area contributed by atoms with Gasteiger partial charge in [0.25, 0.3) is 5.69 Å². The van der Waals surface area contributed by atoms with Gasteiger partial charge in [0.1, 0.15) is 11.4 Å². The number of hydrogen-bond acceptors (Lipinski definition) is 6. The Labute approximate surface area is 187 Å². The first-order chi connectivity index (χ1) is 15.8. The number of carbonyl (C=O) groups is 3. The maximum Gasteiger partial charge on any atom is 0.271 e. The lowest BCUT2D eigenvalue weighted by atomic mass is 9.75. The molecule has 4 heterocycles. The number of halogens is 1. The smallest absolute Gasteiger partial charge is 0.271 e. The minimum absolute atomic E-state index is 0.145. The predicted molar refractivity (Wildman–Crippen MR) is 114 cm³/mol. The van der Waals surface area contributed by atoms with E-state index in [9.17, 15) is 28.9 Å². The lowest BCUT2D eigenvalue weighted by Gasteiger charge is -2.36. The van der Waals surface area contributed by atoms with E-state index >= 15 is 0 Å². The summed E-state index contributed by atoms with van der Waals surface area (Å²) in [6.07, 6.45) is 1.37. The standard InChI is InChI=1S/C23H19FN4O5/c1-11-4-6-13(28(32)33)10-17(11)27-20(29)18-16-3-2-8-26(16)23(19(18)21(27)30)14-9-12(24)5-7-15(14)25-22(23)31/h4-7,9-10,16,18-19H,2-3,8H2,1H3,(H,25,31)/t16-,18+,19-,23-/m0/s1. The topological polar surface area (TPSA) is 113 Å². The fourth-order valence-corrected chi connectivity index (χ4v) is 6.36. The zero-order chi connectivity index (χ0) is 23.2. The number of fused-ring (bicyclic) bond motifs is 7. The fourth-order valence-electron chi connectivity index (χ4n) is 6.36. The number of imide groups is 1. The van der Waals surface area contributed by atoms with Gasteiger partial charge >= 0.3 is 0 Å². The van der Waals surface area contributed by atoms with Crippen LogP contribution in [0.25, 0.3) is 0 Å². The Balaban J connectivity index is 1.56. The van der Waals surface area contributed by atoms with Crippen molar-refractivity contribution in [3.05, 3.63) is 63.5 Å². The molecular formula is C23H19FN4O5. The van der Waals surface area contributed by atoms with Crippen LogP contribution in [-0.4, -0.2) is 40.1 Å². The molecule has 1 N–H and O–H groups in total. The van der Waals surface area contributed by atoms with Gasteiger partial charge in [-0.15, -0.1) is 0 Å². The molecule has 1 spiro atoms. The lowest BCUT2D eigenvalue weighted by Crippen LogP contribution is -2.54. The summed E-state index contributed by atoms with van der Waals surface area (Å²) < 4.78 is 14.3. The maximum absolute atomic E-state index is 14.3. The van der Waals surface area contributed by atoms with Gasteiger partial charge in [-0.3, -0.25) is 29.4 Å². The average molecular weight is 450 g/mol. The van der Waals surface area contributed by atoms with E-state index in [2.05, 4.69) is 5.32 Å². The van der Waals surface area contributed by atoms with Gasteiger partial charge < -0.3 is 5.32 Å². The van der Waals surface area contributed by atoms with Crippen LogP contribution in [-0.2, 0) is 19.9 Å². The summed E-state index contributed by atoms with van der Waals surface area (Å²) >= 11 is 0. The fraction of sp³-hybridized carbons (Fsp3) is 0.348. The molecule has 3 fully saturated rings. The highest BCUT2D eigenvalue weighted by Gasteiger charge is 2.74. The van der Waals surface area contributed by atoms with Crippen molar-refractivity contribution in [1.29, 1.82) is 0 Å². The van der Waals surface area contributed by atoms with Crippen molar-refractivity contribution in [2.24, 2.45) is 11.8 Å². The number of nitrogens with zero attached hydrogens (tertiary/aromatic N) is 3. The van der Waals surface area contributed by atoms with Gasteiger partial charge in [-0.25, -0.2) is 9.29 Å². The van der Waals surface area contributed by atoms with Gasteiger partial charge in [0.2, 0.25) is 17.7 Å². The third-order valence-corrected chi connectivity index (χ3v) is 7.60. The van der Waals surface area contributed by atoms with E-state index in [1.54, 1.807) is 6.92 Å². The highest BCUT2D eigenvalue weighted by Crippen LogP contribution is 2.60. The number of non-ortho nitro benzene ring substituents is 1. The van der Waals surface area contributed by atoms with Crippen LogP contribution in [0.1, 0.15) is 24.0 Å². The number of aryl methyl sites for hydroxylation is 1. The van der Waals surface area contributed by atoms with Gasteiger partial charge in [0.15, 0.2) is 0 Å². The van der Waals surface area contributed by atoms with Gasteiger partial charge in [-0.2, -0.15) is 0 Å². The third kappa shape index (κ3) is 2.31. The quantitative estimate of drug-likeness (QED) is 0.427. The number of amides is 3. The maximum atomic E-state index is 14.3. The lowest BCUT2D eigenvalue weighted by molar-refractivity contribution is -0.384. The van der Waals surface area contributed by atoms with Gasteiger partial charge in [-0.05, 0) is 50.1 Å². The molecule has 0 aliphatic carbocycles. The van der Waals surface area contributed by atoms with E-state index in [0.29, 0.717) is 29.8 Å². The van der Waals surface area contributed by atoms with Crippen LogP contribution in [0, 0.1) is 34.7 Å². The zero-order valence-corrected chi connectivity index (χ0v) is 17.6. The minimum Gasteiger partial charge on any atom is -0.324 e. The Kier molecular flexibility index (Phi) is 3.90. The average Bonchev–Trinajstić information content (AvgIpc) is 3.47. The summed E-state index contributed by atoms with van der Waals surface area (Å²) in [5, 5.41) is 14.1.